The lowest BCUT2D eigenvalue weighted by Gasteiger charge is -2.24. The second-order valence-corrected chi connectivity index (χ2v) is 6.90. The molecular weight excluding hydrogens is 326 g/mol. The second kappa shape index (κ2) is 6.37. The van der Waals surface area contributed by atoms with E-state index >= 15 is 0 Å². The van der Waals surface area contributed by atoms with Crippen molar-refractivity contribution in [3.8, 4) is 11.5 Å². The minimum absolute atomic E-state index is 0.627. The van der Waals surface area contributed by atoms with Crippen molar-refractivity contribution in [3.05, 3.63) is 22.2 Å². The normalized spacial score (nSPS) is 22.3. The van der Waals surface area contributed by atoms with Crippen LogP contribution in [0.1, 0.15) is 18.4 Å². The maximum absolute atomic E-state index is 5.65. The molecule has 1 fully saturated rings. The quantitative estimate of drug-likeness (QED) is 0.912. The molecular formula is C14H18BrNO2S. The molecule has 19 heavy (non-hydrogen) atoms. The monoisotopic (exact) mass is 343 g/mol. The van der Waals surface area contributed by atoms with Crippen LogP contribution in [0.5, 0.6) is 11.5 Å². The van der Waals surface area contributed by atoms with Crippen molar-refractivity contribution in [1.82, 2.24) is 5.32 Å². The number of rotatable bonds is 3. The zero-order valence-corrected chi connectivity index (χ0v) is 13.2. The van der Waals surface area contributed by atoms with E-state index in [1.165, 1.54) is 29.9 Å². The summed E-state index contributed by atoms with van der Waals surface area (Å²) < 4.78 is 12.2. The topological polar surface area (TPSA) is 30.5 Å². The van der Waals surface area contributed by atoms with Crippen molar-refractivity contribution in [2.45, 2.75) is 25.4 Å². The van der Waals surface area contributed by atoms with Crippen molar-refractivity contribution in [3.63, 3.8) is 0 Å². The average Bonchev–Trinajstić information content (AvgIpc) is 2.46. The third-order valence-corrected chi connectivity index (χ3v) is 5.22. The Bertz CT molecular complexity index is 449. The Morgan fingerprint density at radius 2 is 2.21 bits per heavy atom. The molecule has 1 N–H and O–H groups in total. The molecule has 2 heterocycles. The van der Waals surface area contributed by atoms with Gasteiger partial charge in [0.1, 0.15) is 13.2 Å². The van der Waals surface area contributed by atoms with E-state index in [2.05, 4.69) is 33.4 Å². The summed E-state index contributed by atoms with van der Waals surface area (Å²) in [6, 6.07) is 4.85. The third-order valence-electron chi connectivity index (χ3n) is 3.41. The number of halogens is 1. The molecule has 0 aromatic heterocycles. The SMILES string of the molecule is Brc1cc(CNC2CCCSC2)cc2c1OCCO2. The van der Waals surface area contributed by atoms with Gasteiger partial charge in [0.25, 0.3) is 0 Å². The summed E-state index contributed by atoms with van der Waals surface area (Å²) in [6.07, 6.45) is 2.62. The first-order valence-electron chi connectivity index (χ1n) is 6.72. The van der Waals surface area contributed by atoms with E-state index in [0.29, 0.717) is 19.3 Å². The van der Waals surface area contributed by atoms with Gasteiger partial charge in [0.2, 0.25) is 0 Å². The molecule has 0 spiro atoms. The highest BCUT2D eigenvalue weighted by molar-refractivity contribution is 9.10. The third kappa shape index (κ3) is 3.38. The number of hydrogen-bond acceptors (Lipinski definition) is 4. The average molecular weight is 344 g/mol. The Morgan fingerprint density at radius 1 is 1.32 bits per heavy atom. The molecule has 104 valence electrons. The highest BCUT2D eigenvalue weighted by atomic mass is 79.9. The minimum Gasteiger partial charge on any atom is -0.486 e. The first kappa shape index (κ1) is 13.6. The van der Waals surface area contributed by atoms with E-state index in [1.807, 2.05) is 11.8 Å². The van der Waals surface area contributed by atoms with Gasteiger partial charge < -0.3 is 14.8 Å². The minimum atomic E-state index is 0.627. The number of ether oxygens (including phenoxy) is 2. The lowest BCUT2D eigenvalue weighted by molar-refractivity contribution is 0.170. The van der Waals surface area contributed by atoms with Gasteiger partial charge >= 0.3 is 0 Å². The molecule has 0 radical (unpaired) electrons. The van der Waals surface area contributed by atoms with Gasteiger partial charge in [-0.1, -0.05) is 0 Å². The van der Waals surface area contributed by atoms with E-state index in [1.54, 1.807) is 0 Å². The smallest absolute Gasteiger partial charge is 0.175 e. The highest BCUT2D eigenvalue weighted by Crippen LogP contribution is 2.38. The van der Waals surface area contributed by atoms with Gasteiger partial charge in [-0.3, -0.25) is 0 Å². The predicted octanol–water partition coefficient (Wildman–Crippen LogP) is 3.21. The van der Waals surface area contributed by atoms with Crippen LogP contribution in [-0.2, 0) is 6.54 Å². The first-order valence-corrected chi connectivity index (χ1v) is 8.67. The molecule has 3 rings (SSSR count). The molecule has 1 unspecified atom stereocenters. The van der Waals surface area contributed by atoms with Crippen molar-refractivity contribution in [2.75, 3.05) is 24.7 Å². The van der Waals surface area contributed by atoms with E-state index in [-0.39, 0.29) is 0 Å². The number of benzene rings is 1. The first-order chi connectivity index (χ1) is 9.33. The van der Waals surface area contributed by atoms with Crippen LogP contribution in [0.15, 0.2) is 16.6 Å². The lowest BCUT2D eigenvalue weighted by Crippen LogP contribution is -2.33. The fraction of sp³-hybridized carbons (Fsp3) is 0.571. The number of fused-ring (bicyclic) bond motifs is 1. The van der Waals surface area contributed by atoms with Gasteiger partial charge in [-0.25, -0.2) is 0 Å². The Kier molecular flexibility index (Phi) is 4.56. The van der Waals surface area contributed by atoms with E-state index < -0.39 is 0 Å². The number of hydrogen-bond donors (Lipinski definition) is 1. The zero-order valence-electron chi connectivity index (χ0n) is 10.8. The number of nitrogens with one attached hydrogen (secondary N) is 1. The van der Waals surface area contributed by atoms with Gasteiger partial charge in [-0.2, -0.15) is 11.8 Å². The summed E-state index contributed by atoms with van der Waals surface area (Å²) in [5.41, 5.74) is 1.24. The van der Waals surface area contributed by atoms with Crippen LogP contribution in [0.25, 0.3) is 0 Å². The lowest BCUT2D eigenvalue weighted by atomic mass is 10.1. The van der Waals surface area contributed by atoms with Crippen LogP contribution in [0, 0.1) is 0 Å². The van der Waals surface area contributed by atoms with Gasteiger partial charge in [-0.05, 0) is 52.2 Å². The second-order valence-electron chi connectivity index (χ2n) is 4.90. The molecule has 1 atom stereocenters. The van der Waals surface area contributed by atoms with Gasteiger partial charge in [0.05, 0.1) is 4.47 Å². The van der Waals surface area contributed by atoms with Crippen LogP contribution in [0.3, 0.4) is 0 Å². The van der Waals surface area contributed by atoms with Crippen molar-refractivity contribution >= 4 is 27.7 Å². The Balaban J connectivity index is 1.65. The largest absolute Gasteiger partial charge is 0.486 e. The van der Waals surface area contributed by atoms with Crippen LogP contribution in [-0.4, -0.2) is 30.8 Å². The summed E-state index contributed by atoms with van der Waals surface area (Å²) in [7, 11) is 0. The Labute approximate surface area is 126 Å². The van der Waals surface area contributed by atoms with Crippen molar-refractivity contribution < 1.29 is 9.47 Å². The van der Waals surface area contributed by atoms with Crippen LogP contribution in [0.4, 0.5) is 0 Å². The molecule has 2 aliphatic heterocycles. The van der Waals surface area contributed by atoms with Crippen LogP contribution >= 0.6 is 27.7 Å². The fourth-order valence-corrected chi connectivity index (χ4v) is 4.14. The summed E-state index contributed by atoms with van der Waals surface area (Å²) in [5.74, 6) is 4.23. The zero-order chi connectivity index (χ0) is 13.1. The molecule has 2 aliphatic rings. The summed E-state index contributed by atoms with van der Waals surface area (Å²) in [4.78, 5) is 0. The fourth-order valence-electron chi connectivity index (χ4n) is 2.43. The summed E-state index contributed by atoms with van der Waals surface area (Å²) >= 11 is 5.61. The molecule has 3 nitrogen and oxygen atoms in total. The van der Waals surface area contributed by atoms with E-state index in [0.717, 1.165) is 22.5 Å². The van der Waals surface area contributed by atoms with Crippen LogP contribution in [0.2, 0.25) is 0 Å². The number of thioether (sulfide) groups is 1. The molecule has 5 heteroatoms. The Morgan fingerprint density at radius 3 is 3.05 bits per heavy atom. The van der Waals surface area contributed by atoms with Crippen LogP contribution < -0.4 is 14.8 Å². The summed E-state index contributed by atoms with van der Waals surface area (Å²) in [6.45, 7) is 2.15. The maximum atomic E-state index is 5.65. The maximum Gasteiger partial charge on any atom is 0.175 e. The molecule has 1 saturated heterocycles. The van der Waals surface area contributed by atoms with E-state index in [4.69, 9.17) is 9.47 Å². The molecule has 1 aromatic rings. The predicted molar refractivity (Wildman–Crippen MR) is 82.3 cm³/mol. The van der Waals surface area contributed by atoms with E-state index in [9.17, 15) is 0 Å². The van der Waals surface area contributed by atoms with Gasteiger partial charge in [0.15, 0.2) is 11.5 Å². The molecule has 0 bridgehead atoms. The summed E-state index contributed by atoms with van der Waals surface area (Å²) in [5, 5.41) is 3.63. The van der Waals surface area contributed by atoms with Gasteiger partial charge in [0, 0.05) is 18.3 Å². The molecule has 0 amide bonds. The van der Waals surface area contributed by atoms with Crippen molar-refractivity contribution in [2.24, 2.45) is 0 Å². The van der Waals surface area contributed by atoms with Gasteiger partial charge in [-0.15, -0.1) is 0 Å². The molecule has 1 aromatic carbocycles. The molecule has 0 aliphatic carbocycles. The molecule has 0 saturated carbocycles. The van der Waals surface area contributed by atoms with Crippen molar-refractivity contribution in [1.29, 1.82) is 0 Å². The Hall–Kier alpha value is -0.390. The standard InChI is InChI=1S/C14H18BrNO2S/c15-12-6-10(7-13-14(12)18-4-3-17-13)8-16-11-2-1-5-19-9-11/h6-7,11,16H,1-5,8-9H2. The highest BCUT2D eigenvalue weighted by Gasteiger charge is 2.17.